The van der Waals surface area contributed by atoms with Crippen molar-refractivity contribution in [2.45, 2.75) is 6.92 Å². The molecule has 1 aromatic carbocycles. The molecule has 96 valence electrons. The number of hydrogen-bond acceptors (Lipinski definition) is 5. The van der Waals surface area contributed by atoms with Crippen LogP contribution in [0.3, 0.4) is 0 Å². The van der Waals surface area contributed by atoms with Crippen molar-refractivity contribution < 1.29 is 9.53 Å². The number of carbonyl (C=O) groups is 1. The highest BCUT2D eigenvalue weighted by atomic mass is 32.1. The number of nitrogens with one attached hydrogen (secondary N) is 1. The van der Waals surface area contributed by atoms with Crippen molar-refractivity contribution in [3.8, 4) is 0 Å². The Kier molecular flexibility index (Phi) is 2.75. The molecular weight excluding hydrogens is 266 g/mol. The molecule has 0 fully saturated rings. The second kappa shape index (κ2) is 4.43. The number of nitrogens with zero attached hydrogens (tertiary/aromatic N) is 2. The number of ether oxygens (including phenoxy) is 1. The zero-order valence-corrected chi connectivity index (χ0v) is 10.8. The molecule has 0 spiro atoms. The molecule has 1 aliphatic rings. The Labute approximate surface area is 111 Å². The summed E-state index contributed by atoms with van der Waals surface area (Å²) in [5, 5.41) is 0.408. The molecule has 0 bridgehead atoms. The maximum absolute atomic E-state index is 12.2. The molecule has 1 N–H and O–H groups in total. The van der Waals surface area contributed by atoms with E-state index in [9.17, 15) is 9.59 Å². The van der Waals surface area contributed by atoms with E-state index in [2.05, 4.69) is 13.7 Å². The summed E-state index contributed by atoms with van der Waals surface area (Å²) in [6, 6.07) is 3.35. The van der Waals surface area contributed by atoms with Gasteiger partial charge < -0.3 is 9.72 Å². The van der Waals surface area contributed by atoms with E-state index in [1.165, 1.54) is 6.20 Å². The van der Waals surface area contributed by atoms with E-state index in [0.29, 0.717) is 16.6 Å². The van der Waals surface area contributed by atoms with E-state index in [0.717, 1.165) is 17.0 Å². The summed E-state index contributed by atoms with van der Waals surface area (Å²) < 4.78 is 13.1. The van der Waals surface area contributed by atoms with E-state index < -0.39 is 5.97 Å². The third kappa shape index (κ3) is 1.78. The van der Waals surface area contributed by atoms with Crippen molar-refractivity contribution in [1.82, 2.24) is 4.98 Å². The van der Waals surface area contributed by atoms with Crippen LogP contribution in [0.15, 0.2) is 31.8 Å². The summed E-state index contributed by atoms with van der Waals surface area (Å²) in [6.45, 7) is 1.92. The molecule has 6 nitrogen and oxygen atoms in total. The first-order valence-corrected chi connectivity index (χ1v) is 6.39. The molecule has 19 heavy (non-hydrogen) atoms. The van der Waals surface area contributed by atoms with Crippen LogP contribution in [0.4, 0.5) is 11.4 Å². The monoisotopic (exact) mass is 275 g/mol. The summed E-state index contributed by atoms with van der Waals surface area (Å²) in [5.74, 6) is -0.623. The number of carbonyl (C=O) groups excluding carboxylic acids is 1. The lowest BCUT2D eigenvalue weighted by Gasteiger charge is -2.05. The van der Waals surface area contributed by atoms with Gasteiger partial charge in [-0.3, -0.25) is 4.79 Å². The Balaban J connectivity index is 2.25. The number of aromatic amines is 1. The van der Waals surface area contributed by atoms with Crippen LogP contribution >= 0.6 is 0 Å². The molecule has 0 radical (unpaired) electrons. The average Bonchev–Trinajstić information content (AvgIpc) is 2.87. The predicted molar refractivity (Wildman–Crippen MR) is 72.1 cm³/mol. The minimum absolute atomic E-state index is 0.00288. The molecular formula is C12H9N3O3S. The normalized spacial score (nSPS) is 12.3. The number of benzene rings is 1. The average molecular weight is 275 g/mol. The lowest BCUT2D eigenvalue weighted by Crippen LogP contribution is -2.18. The van der Waals surface area contributed by atoms with Gasteiger partial charge in [0.1, 0.15) is 16.9 Å². The van der Waals surface area contributed by atoms with Gasteiger partial charge in [-0.1, -0.05) is 0 Å². The van der Waals surface area contributed by atoms with Crippen LogP contribution in [-0.2, 0) is 16.1 Å². The lowest BCUT2D eigenvalue weighted by atomic mass is 10.1. The lowest BCUT2D eigenvalue weighted by molar-refractivity contribution is 0.0524. The van der Waals surface area contributed by atoms with Crippen LogP contribution in [0.5, 0.6) is 0 Å². The highest BCUT2D eigenvalue weighted by Gasteiger charge is 2.17. The Morgan fingerprint density at radius 1 is 1.42 bits per heavy atom. The third-order valence-corrected chi connectivity index (χ3v) is 3.32. The number of rotatable bonds is 2. The van der Waals surface area contributed by atoms with Gasteiger partial charge in [-0.15, -0.1) is 0 Å². The van der Waals surface area contributed by atoms with E-state index in [1.54, 1.807) is 19.1 Å². The molecule has 0 unspecified atom stereocenters. The van der Waals surface area contributed by atoms with Crippen LogP contribution in [0.1, 0.15) is 17.3 Å². The van der Waals surface area contributed by atoms with E-state index >= 15 is 0 Å². The summed E-state index contributed by atoms with van der Waals surface area (Å²) >= 11 is 1.08. The van der Waals surface area contributed by atoms with Gasteiger partial charge in [0.05, 0.1) is 23.5 Å². The van der Waals surface area contributed by atoms with Crippen molar-refractivity contribution in [2.24, 2.45) is 8.73 Å². The molecule has 0 amide bonds. The fourth-order valence-corrected chi connectivity index (χ4v) is 2.44. The largest absolute Gasteiger partial charge is 0.462 e. The molecule has 0 atom stereocenters. The summed E-state index contributed by atoms with van der Waals surface area (Å²) in [6.07, 6.45) is 1.36. The summed E-state index contributed by atoms with van der Waals surface area (Å²) in [5.41, 5.74) is 1.58. The highest BCUT2D eigenvalue weighted by molar-refractivity contribution is 7.58. The van der Waals surface area contributed by atoms with E-state index in [1.807, 2.05) is 0 Å². The SMILES string of the molecule is CCOC(=O)c1c[nH]c2c3c(ccc2c1=O)N=S=N3. The van der Waals surface area contributed by atoms with E-state index in [4.69, 9.17) is 4.74 Å². The van der Waals surface area contributed by atoms with Gasteiger partial charge in [-0.05, 0) is 19.1 Å². The third-order valence-electron chi connectivity index (χ3n) is 2.77. The fourth-order valence-electron chi connectivity index (χ4n) is 1.90. The molecule has 1 aromatic heterocycles. The first kappa shape index (κ1) is 11.8. The number of esters is 1. The number of aromatic nitrogens is 1. The van der Waals surface area contributed by atoms with Crippen LogP contribution < -0.4 is 5.43 Å². The molecule has 1 aliphatic heterocycles. The molecule has 0 aliphatic carbocycles. The number of H-pyrrole nitrogens is 1. The Hall–Kier alpha value is -2.28. The second-order valence-electron chi connectivity index (χ2n) is 3.87. The van der Waals surface area contributed by atoms with Gasteiger partial charge in [0.15, 0.2) is 0 Å². The first-order chi connectivity index (χ1) is 9.22. The van der Waals surface area contributed by atoms with Crippen LogP contribution in [0, 0.1) is 0 Å². The van der Waals surface area contributed by atoms with Crippen molar-refractivity contribution in [2.75, 3.05) is 6.61 Å². The van der Waals surface area contributed by atoms with Crippen LogP contribution in [-0.4, -0.2) is 17.6 Å². The maximum Gasteiger partial charge on any atom is 0.343 e. The van der Waals surface area contributed by atoms with Gasteiger partial charge in [-0.25, -0.2) is 4.79 Å². The molecule has 2 aromatic rings. The van der Waals surface area contributed by atoms with E-state index in [-0.39, 0.29) is 17.6 Å². The number of fused-ring (bicyclic) bond motifs is 3. The van der Waals surface area contributed by atoms with Crippen LogP contribution in [0.25, 0.3) is 10.9 Å². The Bertz CT molecular complexity index is 819. The summed E-state index contributed by atoms with van der Waals surface area (Å²) in [4.78, 5) is 26.8. The maximum atomic E-state index is 12.2. The second-order valence-corrected chi connectivity index (χ2v) is 4.40. The zero-order chi connectivity index (χ0) is 13.4. The fraction of sp³-hybridized carbons (Fsp3) is 0.167. The first-order valence-electron chi connectivity index (χ1n) is 5.66. The van der Waals surface area contributed by atoms with Crippen molar-refractivity contribution in [3.05, 3.63) is 34.1 Å². The highest BCUT2D eigenvalue weighted by Crippen LogP contribution is 2.36. The Morgan fingerprint density at radius 3 is 3.05 bits per heavy atom. The Morgan fingerprint density at radius 2 is 2.26 bits per heavy atom. The quantitative estimate of drug-likeness (QED) is 0.729. The smallest absolute Gasteiger partial charge is 0.343 e. The number of hydrogen-bond donors (Lipinski definition) is 1. The molecule has 0 saturated carbocycles. The van der Waals surface area contributed by atoms with Gasteiger partial charge in [0.2, 0.25) is 5.43 Å². The summed E-state index contributed by atoms with van der Waals surface area (Å²) in [7, 11) is 0. The minimum Gasteiger partial charge on any atom is -0.462 e. The standard InChI is InChI=1S/C12H9N3O3S/c1-2-18-12(17)7-5-13-9-6(11(7)16)3-4-8-10(9)15-19-14-8/h3-5H,2H2,1H3,(H,13,16). The van der Waals surface area contributed by atoms with Gasteiger partial charge in [-0.2, -0.15) is 8.73 Å². The van der Waals surface area contributed by atoms with Crippen molar-refractivity contribution >= 4 is 39.6 Å². The zero-order valence-electron chi connectivity index (χ0n) is 9.97. The molecule has 0 saturated heterocycles. The van der Waals surface area contributed by atoms with Gasteiger partial charge in [0, 0.05) is 11.6 Å². The van der Waals surface area contributed by atoms with Gasteiger partial charge in [0.25, 0.3) is 0 Å². The van der Waals surface area contributed by atoms with Gasteiger partial charge >= 0.3 is 5.97 Å². The molecule has 7 heteroatoms. The predicted octanol–water partition coefficient (Wildman–Crippen LogP) is 2.43. The molecule has 3 rings (SSSR count). The van der Waals surface area contributed by atoms with Crippen molar-refractivity contribution in [3.63, 3.8) is 0 Å². The number of pyridine rings is 1. The minimum atomic E-state index is -0.623. The topological polar surface area (TPSA) is 83.9 Å². The van der Waals surface area contributed by atoms with Crippen LogP contribution in [0.2, 0.25) is 0 Å². The molecule has 2 heterocycles. The van der Waals surface area contributed by atoms with Crippen molar-refractivity contribution in [1.29, 1.82) is 0 Å².